The average Bonchev–Trinajstić information content (AvgIpc) is 2.58. The molecular weight excluding hydrogens is 276 g/mol. The van der Waals surface area contributed by atoms with Gasteiger partial charge in [0.15, 0.2) is 0 Å². The Bertz CT molecular complexity index is 594. The topological polar surface area (TPSA) is 38.7 Å². The molecule has 2 aromatic rings. The highest BCUT2D eigenvalue weighted by Gasteiger charge is 1.95. The SMILES string of the molecule is OCCCc1ccc(OCC#CCOc2ccccc2)cc1. The Morgan fingerprint density at radius 2 is 1.36 bits per heavy atom. The van der Waals surface area contributed by atoms with Gasteiger partial charge in [0.2, 0.25) is 0 Å². The van der Waals surface area contributed by atoms with Crippen LogP contribution in [-0.4, -0.2) is 24.9 Å². The van der Waals surface area contributed by atoms with E-state index in [2.05, 4.69) is 11.8 Å². The zero-order valence-corrected chi connectivity index (χ0v) is 12.5. The molecule has 1 N–H and O–H groups in total. The lowest BCUT2D eigenvalue weighted by molar-refractivity contribution is 0.288. The van der Waals surface area contributed by atoms with Crippen LogP contribution in [-0.2, 0) is 6.42 Å². The summed E-state index contributed by atoms with van der Waals surface area (Å²) in [6, 6.07) is 17.5. The van der Waals surface area contributed by atoms with Crippen LogP contribution in [0.1, 0.15) is 12.0 Å². The van der Waals surface area contributed by atoms with Crippen molar-refractivity contribution in [3.05, 3.63) is 60.2 Å². The zero-order valence-electron chi connectivity index (χ0n) is 12.5. The molecule has 0 aliphatic heterocycles. The summed E-state index contributed by atoms with van der Waals surface area (Å²) in [5.74, 6) is 7.45. The van der Waals surface area contributed by atoms with Gasteiger partial charge in [0.25, 0.3) is 0 Å². The summed E-state index contributed by atoms with van der Waals surface area (Å²) in [5, 5.41) is 8.79. The standard InChI is InChI=1S/C19H20O3/c20-14-6-7-17-10-12-19(13-11-17)22-16-5-4-15-21-18-8-2-1-3-9-18/h1-3,8-13,20H,6-7,14-16H2. The van der Waals surface area contributed by atoms with Gasteiger partial charge in [-0.2, -0.15) is 0 Å². The number of rotatable bonds is 7. The minimum Gasteiger partial charge on any atom is -0.481 e. The molecule has 0 aliphatic carbocycles. The minimum absolute atomic E-state index is 0.221. The number of aliphatic hydroxyl groups is 1. The third-order valence-electron chi connectivity index (χ3n) is 3.04. The van der Waals surface area contributed by atoms with Crippen LogP contribution in [0.5, 0.6) is 11.5 Å². The summed E-state index contributed by atoms with van der Waals surface area (Å²) in [7, 11) is 0. The van der Waals surface area contributed by atoms with Crippen LogP contribution in [0.4, 0.5) is 0 Å². The Morgan fingerprint density at radius 1 is 0.773 bits per heavy atom. The van der Waals surface area contributed by atoms with Gasteiger partial charge in [-0.25, -0.2) is 0 Å². The molecule has 22 heavy (non-hydrogen) atoms. The van der Waals surface area contributed by atoms with E-state index in [-0.39, 0.29) is 6.61 Å². The fourth-order valence-corrected chi connectivity index (χ4v) is 1.89. The van der Waals surface area contributed by atoms with Crippen molar-refractivity contribution in [1.82, 2.24) is 0 Å². The molecule has 2 rings (SSSR count). The second-order valence-corrected chi connectivity index (χ2v) is 4.72. The van der Waals surface area contributed by atoms with Gasteiger partial charge in [-0.1, -0.05) is 42.2 Å². The van der Waals surface area contributed by atoms with E-state index in [4.69, 9.17) is 14.6 Å². The summed E-state index contributed by atoms with van der Waals surface area (Å²) in [6.07, 6.45) is 1.67. The number of hydrogen-bond acceptors (Lipinski definition) is 3. The average molecular weight is 296 g/mol. The first-order chi connectivity index (χ1) is 10.9. The first kappa shape index (κ1) is 15.9. The second kappa shape index (κ2) is 9.49. The van der Waals surface area contributed by atoms with E-state index in [1.807, 2.05) is 54.6 Å². The van der Waals surface area contributed by atoms with Crippen molar-refractivity contribution >= 4 is 0 Å². The van der Waals surface area contributed by atoms with Crippen LogP contribution in [0.3, 0.4) is 0 Å². The third-order valence-corrected chi connectivity index (χ3v) is 3.04. The Morgan fingerprint density at radius 3 is 1.95 bits per heavy atom. The summed E-state index contributed by atoms with van der Waals surface area (Å²) in [4.78, 5) is 0. The summed E-state index contributed by atoms with van der Waals surface area (Å²) in [6.45, 7) is 0.917. The fraction of sp³-hybridized carbons (Fsp3) is 0.263. The van der Waals surface area contributed by atoms with Crippen molar-refractivity contribution in [3.8, 4) is 23.3 Å². The maximum Gasteiger partial charge on any atom is 0.149 e. The number of para-hydroxylation sites is 1. The predicted molar refractivity (Wildman–Crippen MR) is 87.1 cm³/mol. The quantitative estimate of drug-likeness (QED) is 0.798. The Labute approximate surface area is 131 Å². The Balaban J connectivity index is 1.67. The molecule has 3 heteroatoms. The van der Waals surface area contributed by atoms with Crippen molar-refractivity contribution in [1.29, 1.82) is 0 Å². The first-order valence-electron chi connectivity index (χ1n) is 7.34. The van der Waals surface area contributed by atoms with E-state index < -0.39 is 0 Å². The molecule has 0 fully saturated rings. The van der Waals surface area contributed by atoms with Gasteiger partial charge in [0.1, 0.15) is 24.7 Å². The molecule has 0 amide bonds. The van der Waals surface area contributed by atoms with Crippen LogP contribution in [0.25, 0.3) is 0 Å². The van der Waals surface area contributed by atoms with Crippen molar-refractivity contribution in [3.63, 3.8) is 0 Å². The molecule has 0 aromatic heterocycles. The van der Waals surface area contributed by atoms with E-state index in [0.29, 0.717) is 13.2 Å². The molecule has 114 valence electrons. The maximum atomic E-state index is 8.79. The van der Waals surface area contributed by atoms with Crippen LogP contribution in [0, 0.1) is 11.8 Å². The lowest BCUT2D eigenvalue weighted by Gasteiger charge is -2.04. The lowest BCUT2D eigenvalue weighted by Crippen LogP contribution is -1.97. The summed E-state index contributed by atoms with van der Waals surface area (Å²) < 4.78 is 11.0. The molecule has 2 aromatic carbocycles. The summed E-state index contributed by atoms with van der Waals surface area (Å²) >= 11 is 0. The smallest absolute Gasteiger partial charge is 0.149 e. The van der Waals surface area contributed by atoms with E-state index in [9.17, 15) is 0 Å². The van der Waals surface area contributed by atoms with Crippen LogP contribution < -0.4 is 9.47 Å². The molecule has 0 aliphatic rings. The molecule has 0 radical (unpaired) electrons. The highest BCUT2D eigenvalue weighted by atomic mass is 16.5. The number of aliphatic hydroxyl groups excluding tert-OH is 1. The molecule has 0 heterocycles. The lowest BCUT2D eigenvalue weighted by atomic mass is 10.1. The fourth-order valence-electron chi connectivity index (χ4n) is 1.89. The first-order valence-corrected chi connectivity index (χ1v) is 7.34. The number of aryl methyl sites for hydroxylation is 1. The number of ether oxygens (including phenoxy) is 2. The monoisotopic (exact) mass is 296 g/mol. The summed E-state index contributed by atoms with van der Waals surface area (Å²) in [5.41, 5.74) is 1.20. The van der Waals surface area contributed by atoms with Crippen LogP contribution >= 0.6 is 0 Å². The largest absolute Gasteiger partial charge is 0.481 e. The molecule has 0 atom stereocenters. The molecule has 0 saturated carbocycles. The van der Waals surface area contributed by atoms with Crippen LogP contribution in [0.2, 0.25) is 0 Å². The Hall–Kier alpha value is -2.44. The van der Waals surface area contributed by atoms with Gasteiger partial charge in [-0.15, -0.1) is 0 Å². The van der Waals surface area contributed by atoms with E-state index in [1.165, 1.54) is 5.56 Å². The van der Waals surface area contributed by atoms with E-state index in [0.717, 1.165) is 24.3 Å². The molecule has 0 spiro atoms. The van der Waals surface area contributed by atoms with Crippen LogP contribution in [0.15, 0.2) is 54.6 Å². The highest BCUT2D eigenvalue weighted by molar-refractivity contribution is 5.27. The minimum atomic E-state index is 0.221. The van der Waals surface area contributed by atoms with Gasteiger partial charge in [-0.05, 0) is 42.7 Å². The van der Waals surface area contributed by atoms with Crippen molar-refractivity contribution in [2.75, 3.05) is 19.8 Å². The third kappa shape index (κ3) is 5.90. The van der Waals surface area contributed by atoms with Crippen molar-refractivity contribution in [2.24, 2.45) is 0 Å². The van der Waals surface area contributed by atoms with Gasteiger partial charge >= 0.3 is 0 Å². The van der Waals surface area contributed by atoms with Crippen molar-refractivity contribution in [2.45, 2.75) is 12.8 Å². The normalized spacial score (nSPS) is 9.68. The van der Waals surface area contributed by atoms with Gasteiger partial charge in [0.05, 0.1) is 0 Å². The second-order valence-electron chi connectivity index (χ2n) is 4.72. The van der Waals surface area contributed by atoms with Crippen molar-refractivity contribution < 1.29 is 14.6 Å². The van der Waals surface area contributed by atoms with E-state index in [1.54, 1.807) is 0 Å². The molecule has 0 unspecified atom stereocenters. The molecule has 0 bridgehead atoms. The highest BCUT2D eigenvalue weighted by Crippen LogP contribution is 2.13. The van der Waals surface area contributed by atoms with Gasteiger partial charge in [-0.3, -0.25) is 0 Å². The van der Waals surface area contributed by atoms with Gasteiger partial charge in [0, 0.05) is 6.61 Å². The molecule has 0 saturated heterocycles. The Kier molecular flexibility index (Phi) is 6.87. The number of benzene rings is 2. The molecule has 3 nitrogen and oxygen atoms in total. The van der Waals surface area contributed by atoms with Gasteiger partial charge < -0.3 is 14.6 Å². The molecular formula is C19H20O3. The maximum absolute atomic E-state index is 8.79. The van der Waals surface area contributed by atoms with E-state index >= 15 is 0 Å². The number of hydrogen-bond donors (Lipinski definition) is 1. The zero-order chi connectivity index (χ0) is 15.5. The predicted octanol–water partition coefficient (Wildman–Crippen LogP) is 3.07.